The number of carbonyl (C=O) groups is 1. The highest BCUT2D eigenvalue weighted by molar-refractivity contribution is 9.10. The van der Waals surface area contributed by atoms with Gasteiger partial charge in [0.15, 0.2) is 0 Å². The second-order valence-corrected chi connectivity index (χ2v) is 5.84. The standard InChI is InChI=1S/C14H15BrN4O/c1-2-8-7-10(15)5-6-11(8)16-14(20)13-17-12(18-19-13)9-3-4-9/h5-7,9H,2-4H2,1H3,(H,16,20)(H,17,18,19). The number of aryl methyl sites for hydroxylation is 1. The number of H-pyrrole nitrogens is 1. The predicted octanol–water partition coefficient (Wildman–Crippen LogP) is 3.26. The molecule has 20 heavy (non-hydrogen) atoms. The molecule has 1 saturated carbocycles. The Kier molecular flexibility index (Phi) is 3.56. The number of halogens is 1. The smallest absolute Gasteiger partial charge is 0.295 e. The van der Waals surface area contributed by atoms with Crippen molar-refractivity contribution in [2.75, 3.05) is 5.32 Å². The predicted molar refractivity (Wildman–Crippen MR) is 79.8 cm³/mol. The van der Waals surface area contributed by atoms with Crippen molar-refractivity contribution in [1.82, 2.24) is 15.2 Å². The first kappa shape index (κ1) is 13.3. The fourth-order valence-electron chi connectivity index (χ4n) is 2.07. The number of aromatic amines is 1. The Hall–Kier alpha value is -1.69. The number of nitrogens with one attached hydrogen (secondary N) is 2. The average molecular weight is 335 g/mol. The molecular weight excluding hydrogens is 320 g/mol. The number of anilines is 1. The van der Waals surface area contributed by atoms with Gasteiger partial charge in [-0.15, -0.1) is 5.10 Å². The molecule has 0 aliphatic heterocycles. The molecule has 2 aromatic rings. The maximum absolute atomic E-state index is 12.2. The van der Waals surface area contributed by atoms with E-state index in [-0.39, 0.29) is 11.7 Å². The van der Waals surface area contributed by atoms with Crippen molar-refractivity contribution in [1.29, 1.82) is 0 Å². The molecule has 0 saturated heterocycles. The van der Waals surface area contributed by atoms with E-state index in [0.717, 1.165) is 40.8 Å². The largest absolute Gasteiger partial charge is 0.319 e. The van der Waals surface area contributed by atoms with Gasteiger partial charge in [-0.3, -0.25) is 9.89 Å². The van der Waals surface area contributed by atoms with E-state index >= 15 is 0 Å². The topological polar surface area (TPSA) is 70.7 Å². The summed E-state index contributed by atoms with van der Waals surface area (Å²) < 4.78 is 1.00. The zero-order valence-electron chi connectivity index (χ0n) is 11.1. The summed E-state index contributed by atoms with van der Waals surface area (Å²) in [6, 6.07) is 5.79. The van der Waals surface area contributed by atoms with Crippen molar-refractivity contribution < 1.29 is 4.79 Å². The lowest BCUT2D eigenvalue weighted by atomic mass is 10.1. The molecule has 1 fully saturated rings. The Labute approximate surface area is 125 Å². The molecular formula is C14H15BrN4O. The Morgan fingerprint density at radius 2 is 2.30 bits per heavy atom. The van der Waals surface area contributed by atoms with Crippen LogP contribution in [0.15, 0.2) is 22.7 Å². The maximum atomic E-state index is 12.2. The lowest BCUT2D eigenvalue weighted by molar-refractivity contribution is 0.101. The number of nitrogens with zero attached hydrogens (tertiary/aromatic N) is 2. The van der Waals surface area contributed by atoms with Gasteiger partial charge in [0.25, 0.3) is 5.91 Å². The third kappa shape index (κ3) is 2.75. The maximum Gasteiger partial charge on any atom is 0.295 e. The van der Waals surface area contributed by atoms with E-state index in [4.69, 9.17) is 0 Å². The van der Waals surface area contributed by atoms with Crippen LogP contribution >= 0.6 is 15.9 Å². The van der Waals surface area contributed by atoms with Gasteiger partial charge in [-0.25, -0.2) is 4.98 Å². The zero-order chi connectivity index (χ0) is 14.1. The molecule has 0 atom stereocenters. The number of hydrogen-bond acceptors (Lipinski definition) is 3. The summed E-state index contributed by atoms with van der Waals surface area (Å²) in [5.74, 6) is 1.21. The minimum absolute atomic E-state index is 0.205. The SMILES string of the molecule is CCc1cc(Br)ccc1NC(=O)c1n[nH]c(C2CC2)n1. The van der Waals surface area contributed by atoms with Crippen LogP contribution < -0.4 is 5.32 Å². The summed E-state index contributed by atoms with van der Waals surface area (Å²) in [5, 5.41) is 9.70. The molecule has 1 aromatic heterocycles. The van der Waals surface area contributed by atoms with Crippen LogP contribution in [0.4, 0.5) is 5.69 Å². The quantitative estimate of drug-likeness (QED) is 0.901. The van der Waals surface area contributed by atoms with Crippen LogP contribution in [-0.2, 0) is 6.42 Å². The number of benzene rings is 1. The van der Waals surface area contributed by atoms with Gasteiger partial charge in [0.2, 0.25) is 5.82 Å². The fourth-order valence-corrected chi connectivity index (χ4v) is 2.48. The molecule has 0 radical (unpaired) electrons. The zero-order valence-corrected chi connectivity index (χ0v) is 12.7. The van der Waals surface area contributed by atoms with E-state index < -0.39 is 0 Å². The lowest BCUT2D eigenvalue weighted by Crippen LogP contribution is -2.15. The number of carbonyl (C=O) groups excluding carboxylic acids is 1. The third-order valence-corrected chi connectivity index (χ3v) is 3.86. The Bertz CT molecular complexity index is 648. The van der Waals surface area contributed by atoms with Crippen molar-refractivity contribution in [3.8, 4) is 0 Å². The Morgan fingerprint density at radius 1 is 1.50 bits per heavy atom. The average Bonchev–Trinajstić information content (AvgIpc) is 3.18. The number of rotatable bonds is 4. The van der Waals surface area contributed by atoms with Gasteiger partial charge in [0.05, 0.1) is 0 Å². The summed E-state index contributed by atoms with van der Waals surface area (Å²) >= 11 is 3.43. The molecule has 5 nitrogen and oxygen atoms in total. The van der Waals surface area contributed by atoms with Gasteiger partial charge < -0.3 is 5.32 Å². The summed E-state index contributed by atoms with van der Waals surface area (Å²) in [4.78, 5) is 16.4. The number of hydrogen-bond donors (Lipinski definition) is 2. The molecule has 104 valence electrons. The van der Waals surface area contributed by atoms with E-state index in [2.05, 4.69) is 43.4 Å². The van der Waals surface area contributed by atoms with E-state index in [9.17, 15) is 4.79 Å². The van der Waals surface area contributed by atoms with Crippen LogP contribution in [0.1, 0.15) is 47.7 Å². The molecule has 1 amide bonds. The minimum atomic E-state index is -0.273. The molecule has 0 spiro atoms. The summed E-state index contributed by atoms with van der Waals surface area (Å²) in [6.45, 7) is 2.05. The van der Waals surface area contributed by atoms with E-state index in [0.29, 0.717) is 5.92 Å². The van der Waals surface area contributed by atoms with Gasteiger partial charge in [-0.2, -0.15) is 0 Å². The summed E-state index contributed by atoms with van der Waals surface area (Å²) in [6.07, 6.45) is 3.10. The number of aromatic nitrogens is 3. The van der Waals surface area contributed by atoms with Crippen molar-refractivity contribution >= 4 is 27.5 Å². The second kappa shape index (κ2) is 5.36. The molecule has 1 heterocycles. The van der Waals surface area contributed by atoms with Crippen LogP contribution in [0.3, 0.4) is 0 Å². The van der Waals surface area contributed by atoms with Gasteiger partial charge in [0.1, 0.15) is 5.82 Å². The van der Waals surface area contributed by atoms with Gasteiger partial charge in [-0.1, -0.05) is 22.9 Å². The molecule has 1 aliphatic rings. The van der Waals surface area contributed by atoms with Crippen LogP contribution in [-0.4, -0.2) is 21.1 Å². The van der Waals surface area contributed by atoms with E-state index in [1.54, 1.807) is 0 Å². The summed E-state index contributed by atoms with van der Waals surface area (Å²) in [7, 11) is 0. The minimum Gasteiger partial charge on any atom is -0.319 e. The molecule has 2 N–H and O–H groups in total. The first-order valence-electron chi connectivity index (χ1n) is 6.69. The fraction of sp³-hybridized carbons (Fsp3) is 0.357. The van der Waals surface area contributed by atoms with E-state index in [1.165, 1.54) is 0 Å². The highest BCUT2D eigenvalue weighted by atomic mass is 79.9. The van der Waals surface area contributed by atoms with Gasteiger partial charge in [0, 0.05) is 16.1 Å². The molecule has 0 unspecified atom stereocenters. The Morgan fingerprint density at radius 3 is 3.00 bits per heavy atom. The molecule has 3 rings (SSSR count). The first-order valence-corrected chi connectivity index (χ1v) is 7.48. The van der Waals surface area contributed by atoms with Crippen molar-refractivity contribution in [3.05, 3.63) is 39.9 Å². The normalized spacial score (nSPS) is 14.3. The first-order chi connectivity index (χ1) is 9.67. The highest BCUT2D eigenvalue weighted by Gasteiger charge is 2.28. The van der Waals surface area contributed by atoms with Crippen LogP contribution in [0.25, 0.3) is 0 Å². The third-order valence-electron chi connectivity index (χ3n) is 3.37. The van der Waals surface area contributed by atoms with Gasteiger partial charge >= 0.3 is 0 Å². The van der Waals surface area contributed by atoms with Crippen molar-refractivity contribution in [2.45, 2.75) is 32.1 Å². The van der Waals surface area contributed by atoms with Crippen LogP contribution in [0.5, 0.6) is 0 Å². The molecule has 6 heteroatoms. The highest BCUT2D eigenvalue weighted by Crippen LogP contribution is 2.37. The van der Waals surface area contributed by atoms with Crippen LogP contribution in [0.2, 0.25) is 0 Å². The second-order valence-electron chi connectivity index (χ2n) is 4.93. The number of amides is 1. The van der Waals surface area contributed by atoms with Crippen molar-refractivity contribution in [3.63, 3.8) is 0 Å². The van der Waals surface area contributed by atoms with Crippen molar-refractivity contribution in [2.24, 2.45) is 0 Å². The molecule has 1 aliphatic carbocycles. The monoisotopic (exact) mass is 334 g/mol. The Balaban J connectivity index is 1.77. The lowest BCUT2D eigenvalue weighted by Gasteiger charge is -2.08. The van der Waals surface area contributed by atoms with E-state index in [1.807, 2.05) is 18.2 Å². The summed E-state index contributed by atoms with van der Waals surface area (Å²) in [5.41, 5.74) is 1.88. The van der Waals surface area contributed by atoms with Crippen LogP contribution in [0, 0.1) is 0 Å². The molecule has 0 bridgehead atoms. The molecule has 1 aromatic carbocycles. The van der Waals surface area contributed by atoms with Gasteiger partial charge in [-0.05, 0) is 43.0 Å².